The summed E-state index contributed by atoms with van der Waals surface area (Å²) in [5.74, 6) is 0.128. The van der Waals surface area contributed by atoms with Crippen molar-refractivity contribution in [3.05, 3.63) is 29.3 Å². The Morgan fingerprint density at radius 3 is 3.10 bits per heavy atom. The van der Waals surface area contributed by atoms with E-state index in [9.17, 15) is 9.90 Å². The fraction of sp³-hybridized carbons (Fsp3) is 0.467. The molecule has 1 saturated heterocycles. The number of piperidine rings is 1. The molecule has 0 radical (unpaired) electrons. The number of carbonyl (C=O) groups excluding carboxylic acids is 1. The molecule has 106 valence electrons. The number of thiazole rings is 1. The average Bonchev–Trinajstić information content (AvgIpc) is 2.87. The number of β-amino-alcohol motifs (C(OH)–C–C–N with tert-alkyl or cyclic N) is 1. The van der Waals surface area contributed by atoms with E-state index in [1.165, 1.54) is 4.70 Å². The van der Waals surface area contributed by atoms with Crippen molar-refractivity contribution in [1.82, 2.24) is 9.88 Å². The third kappa shape index (κ3) is 2.99. The summed E-state index contributed by atoms with van der Waals surface area (Å²) < 4.78 is 1.17. The Hall–Kier alpha value is -1.46. The molecule has 1 N–H and O–H groups in total. The summed E-state index contributed by atoms with van der Waals surface area (Å²) >= 11 is 1.66. The van der Waals surface area contributed by atoms with Crippen molar-refractivity contribution in [2.24, 2.45) is 0 Å². The van der Waals surface area contributed by atoms with E-state index in [4.69, 9.17) is 0 Å². The molecule has 0 aliphatic carbocycles. The lowest BCUT2D eigenvalue weighted by Crippen LogP contribution is -2.42. The van der Waals surface area contributed by atoms with Crippen molar-refractivity contribution < 1.29 is 9.90 Å². The van der Waals surface area contributed by atoms with Crippen LogP contribution in [0.5, 0.6) is 0 Å². The van der Waals surface area contributed by atoms with Crippen molar-refractivity contribution in [2.45, 2.75) is 31.8 Å². The number of aromatic nitrogens is 1. The summed E-state index contributed by atoms with van der Waals surface area (Å²) in [5, 5.41) is 10.6. The zero-order valence-electron chi connectivity index (χ0n) is 11.3. The van der Waals surface area contributed by atoms with E-state index in [1.807, 2.05) is 18.2 Å². The molecule has 0 saturated carbocycles. The highest BCUT2D eigenvalue weighted by atomic mass is 32.1. The van der Waals surface area contributed by atoms with Gasteiger partial charge in [-0.2, -0.15) is 0 Å². The molecule has 1 aliphatic rings. The van der Waals surface area contributed by atoms with Gasteiger partial charge in [-0.15, -0.1) is 11.3 Å². The van der Waals surface area contributed by atoms with Crippen molar-refractivity contribution in [1.29, 1.82) is 0 Å². The minimum absolute atomic E-state index is 0.128. The fourth-order valence-corrected chi connectivity index (χ4v) is 3.55. The minimum Gasteiger partial charge on any atom is -0.391 e. The molecule has 1 unspecified atom stereocenters. The van der Waals surface area contributed by atoms with Crippen molar-refractivity contribution in [3.63, 3.8) is 0 Å². The highest BCUT2D eigenvalue weighted by Gasteiger charge is 2.21. The van der Waals surface area contributed by atoms with Gasteiger partial charge < -0.3 is 10.0 Å². The van der Waals surface area contributed by atoms with Gasteiger partial charge in [-0.05, 0) is 25.0 Å². The molecule has 5 heteroatoms. The monoisotopic (exact) mass is 290 g/mol. The number of carbonyl (C=O) groups is 1. The van der Waals surface area contributed by atoms with Gasteiger partial charge in [0.15, 0.2) is 0 Å². The number of hydrogen-bond donors (Lipinski definition) is 1. The highest BCUT2D eigenvalue weighted by Crippen LogP contribution is 2.22. The van der Waals surface area contributed by atoms with E-state index in [0.29, 0.717) is 19.4 Å². The smallest absolute Gasteiger partial charge is 0.223 e. The number of hydrogen-bond acceptors (Lipinski definition) is 4. The molecule has 1 aromatic carbocycles. The molecule has 1 fully saturated rings. The van der Waals surface area contributed by atoms with E-state index >= 15 is 0 Å². The fourth-order valence-electron chi connectivity index (χ4n) is 2.58. The number of aliphatic hydroxyl groups excluding tert-OH is 1. The number of benzene rings is 1. The normalized spacial score (nSPS) is 19.4. The van der Waals surface area contributed by atoms with Gasteiger partial charge in [0, 0.05) is 25.9 Å². The molecule has 4 nitrogen and oxygen atoms in total. The Morgan fingerprint density at radius 1 is 1.45 bits per heavy atom. The number of rotatable bonds is 3. The van der Waals surface area contributed by atoms with Crippen LogP contribution in [0.4, 0.5) is 0 Å². The maximum atomic E-state index is 12.1. The number of fused-ring (bicyclic) bond motifs is 1. The summed E-state index contributed by atoms with van der Waals surface area (Å²) in [6.07, 6.45) is 2.52. The lowest BCUT2D eigenvalue weighted by atomic mass is 10.1. The Morgan fingerprint density at radius 2 is 2.30 bits per heavy atom. The maximum Gasteiger partial charge on any atom is 0.223 e. The van der Waals surface area contributed by atoms with E-state index in [-0.39, 0.29) is 12.0 Å². The van der Waals surface area contributed by atoms with Crippen LogP contribution in [0.3, 0.4) is 0 Å². The molecule has 1 aliphatic heterocycles. The number of para-hydroxylation sites is 1. The van der Waals surface area contributed by atoms with E-state index in [2.05, 4.69) is 11.1 Å². The summed E-state index contributed by atoms with van der Waals surface area (Å²) in [6, 6.07) is 8.04. The van der Waals surface area contributed by atoms with Crippen LogP contribution >= 0.6 is 11.3 Å². The van der Waals surface area contributed by atoms with Crippen LogP contribution in [-0.2, 0) is 11.2 Å². The molecule has 20 heavy (non-hydrogen) atoms. The van der Waals surface area contributed by atoms with Gasteiger partial charge in [0.05, 0.1) is 21.3 Å². The molecule has 1 aromatic heterocycles. The topological polar surface area (TPSA) is 53.4 Å². The second-order valence-electron chi connectivity index (χ2n) is 5.21. The first-order valence-electron chi connectivity index (χ1n) is 7.02. The minimum atomic E-state index is -0.352. The lowest BCUT2D eigenvalue weighted by molar-refractivity contribution is -0.134. The average molecular weight is 290 g/mol. The predicted molar refractivity (Wildman–Crippen MR) is 79.8 cm³/mol. The standard InChI is InChI=1S/C15H18N2O2S/c18-11-4-3-9-17(10-11)15(19)8-7-14-16-12-5-1-2-6-13(12)20-14/h1-2,5-6,11,18H,3-4,7-10H2. The van der Waals surface area contributed by atoms with Crippen molar-refractivity contribution in [3.8, 4) is 0 Å². The number of aryl methyl sites for hydroxylation is 1. The Balaban J connectivity index is 1.59. The molecular formula is C15H18N2O2S. The number of likely N-dealkylation sites (tertiary alicyclic amines) is 1. The molecule has 0 bridgehead atoms. The van der Waals surface area contributed by atoms with Crippen LogP contribution in [0.15, 0.2) is 24.3 Å². The van der Waals surface area contributed by atoms with E-state index in [0.717, 1.165) is 29.9 Å². The first-order valence-corrected chi connectivity index (χ1v) is 7.84. The Bertz CT molecular complexity index is 578. The Kier molecular flexibility index (Phi) is 3.98. The predicted octanol–water partition coefficient (Wildman–Crippen LogP) is 2.21. The molecular weight excluding hydrogens is 272 g/mol. The number of nitrogens with zero attached hydrogens (tertiary/aromatic N) is 2. The van der Waals surface area contributed by atoms with Gasteiger partial charge in [0.25, 0.3) is 0 Å². The van der Waals surface area contributed by atoms with Gasteiger partial charge in [-0.3, -0.25) is 4.79 Å². The van der Waals surface area contributed by atoms with E-state index in [1.54, 1.807) is 16.2 Å². The summed E-state index contributed by atoms with van der Waals surface area (Å²) in [6.45, 7) is 1.26. The van der Waals surface area contributed by atoms with Crippen LogP contribution in [0.1, 0.15) is 24.3 Å². The second-order valence-corrected chi connectivity index (χ2v) is 6.33. The van der Waals surface area contributed by atoms with E-state index < -0.39 is 0 Å². The maximum absolute atomic E-state index is 12.1. The highest BCUT2D eigenvalue weighted by molar-refractivity contribution is 7.18. The molecule has 1 atom stereocenters. The molecule has 2 aromatic rings. The van der Waals surface area contributed by atoms with Crippen LogP contribution < -0.4 is 0 Å². The van der Waals surface area contributed by atoms with Gasteiger partial charge in [-0.25, -0.2) is 4.98 Å². The molecule has 3 rings (SSSR count). The lowest BCUT2D eigenvalue weighted by Gasteiger charge is -2.30. The van der Waals surface area contributed by atoms with Crippen LogP contribution in [0.2, 0.25) is 0 Å². The van der Waals surface area contributed by atoms with Crippen molar-refractivity contribution >= 4 is 27.5 Å². The SMILES string of the molecule is O=C(CCc1nc2ccccc2s1)N1CCCC(O)C1. The zero-order chi connectivity index (χ0) is 13.9. The summed E-state index contributed by atoms with van der Waals surface area (Å²) in [5.41, 5.74) is 1.01. The Labute approximate surface area is 122 Å². The summed E-state index contributed by atoms with van der Waals surface area (Å²) in [7, 11) is 0. The third-order valence-corrected chi connectivity index (χ3v) is 4.74. The van der Waals surface area contributed by atoms with Gasteiger partial charge in [0.1, 0.15) is 0 Å². The quantitative estimate of drug-likeness (QED) is 0.943. The molecule has 1 amide bonds. The van der Waals surface area contributed by atoms with Crippen LogP contribution in [0, 0.1) is 0 Å². The first kappa shape index (κ1) is 13.5. The van der Waals surface area contributed by atoms with Gasteiger partial charge >= 0.3 is 0 Å². The molecule has 2 heterocycles. The zero-order valence-corrected chi connectivity index (χ0v) is 12.1. The van der Waals surface area contributed by atoms with Crippen molar-refractivity contribution in [2.75, 3.05) is 13.1 Å². The van der Waals surface area contributed by atoms with Crippen LogP contribution in [0.25, 0.3) is 10.2 Å². The number of aliphatic hydroxyl groups is 1. The summed E-state index contributed by atoms with van der Waals surface area (Å²) in [4.78, 5) is 18.4. The first-order chi connectivity index (χ1) is 9.72. The third-order valence-electron chi connectivity index (χ3n) is 3.64. The van der Waals surface area contributed by atoms with Gasteiger partial charge in [0.2, 0.25) is 5.91 Å². The van der Waals surface area contributed by atoms with Gasteiger partial charge in [-0.1, -0.05) is 12.1 Å². The largest absolute Gasteiger partial charge is 0.391 e. The molecule has 0 spiro atoms. The second kappa shape index (κ2) is 5.89. The van der Waals surface area contributed by atoms with Crippen LogP contribution in [-0.4, -0.2) is 40.1 Å². The number of amides is 1.